The van der Waals surface area contributed by atoms with E-state index in [0.29, 0.717) is 5.92 Å². The van der Waals surface area contributed by atoms with Crippen LogP contribution in [0.4, 0.5) is 0 Å². The lowest BCUT2D eigenvalue weighted by atomic mass is 9.89. The van der Waals surface area contributed by atoms with Gasteiger partial charge in [0.1, 0.15) is 5.69 Å². The molecule has 0 spiro atoms. The van der Waals surface area contributed by atoms with Gasteiger partial charge in [-0.15, -0.1) is 0 Å². The number of hydrogen-bond acceptors (Lipinski definition) is 2. The van der Waals surface area contributed by atoms with Crippen LogP contribution >= 0.6 is 11.6 Å². The molecule has 0 N–H and O–H groups in total. The van der Waals surface area contributed by atoms with Gasteiger partial charge >= 0.3 is 0 Å². The van der Waals surface area contributed by atoms with E-state index in [1.807, 2.05) is 36.4 Å². The SMILES string of the molecule is CC1OCC[C]C1Cc1ccc(C#Cc2ccc3cc(-c4ccc(Cl)cc4)ccc3n2)cc1. The quantitative estimate of drug-likeness (QED) is 0.314. The molecule has 1 saturated heterocycles. The molecule has 0 saturated carbocycles. The van der Waals surface area contributed by atoms with Crippen molar-refractivity contribution in [1.29, 1.82) is 0 Å². The number of hydrogen-bond donors (Lipinski definition) is 0. The minimum atomic E-state index is 0.236. The van der Waals surface area contributed by atoms with E-state index in [1.54, 1.807) is 0 Å². The van der Waals surface area contributed by atoms with E-state index in [2.05, 4.69) is 67.6 Å². The Balaban J connectivity index is 1.30. The van der Waals surface area contributed by atoms with Crippen LogP contribution in [0.3, 0.4) is 0 Å². The van der Waals surface area contributed by atoms with Crippen LogP contribution in [-0.2, 0) is 11.2 Å². The molecule has 2 unspecified atom stereocenters. The van der Waals surface area contributed by atoms with Crippen LogP contribution < -0.4 is 0 Å². The van der Waals surface area contributed by atoms with E-state index in [0.717, 1.165) is 57.8 Å². The first kappa shape index (κ1) is 21.7. The number of rotatable bonds is 3. The molecule has 2 nitrogen and oxygen atoms in total. The maximum absolute atomic E-state index is 6.01. The first-order valence-corrected chi connectivity index (χ1v) is 11.6. The molecule has 2 radical (unpaired) electrons. The van der Waals surface area contributed by atoms with Gasteiger partial charge in [0.15, 0.2) is 0 Å². The smallest absolute Gasteiger partial charge is 0.114 e. The highest BCUT2D eigenvalue weighted by atomic mass is 35.5. The average molecular weight is 450 g/mol. The van der Waals surface area contributed by atoms with Crippen LogP contribution in [0.2, 0.25) is 5.02 Å². The first-order valence-electron chi connectivity index (χ1n) is 11.3. The van der Waals surface area contributed by atoms with E-state index < -0.39 is 0 Å². The second-order valence-electron chi connectivity index (χ2n) is 8.40. The van der Waals surface area contributed by atoms with Crippen molar-refractivity contribution in [3.8, 4) is 23.0 Å². The van der Waals surface area contributed by atoms with E-state index in [-0.39, 0.29) is 6.10 Å². The molecule has 0 aliphatic carbocycles. The van der Waals surface area contributed by atoms with Crippen molar-refractivity contribution >= 4 is 22.5 Å². The molecule has 3 heteroatoms. The number of aromatic nitrogens is 1. The molecule has 1 aliphatic rings. The molecule has 0 amide bonds. The lowest BCUT2D eigenvalue weighted by Crippen LogP contribution is -2.28. The molecule has 1 aliphatic heterocycles. The number of ether oxygens (including phenoxy) is 1. The van der Waals surface area contributed by atoms with Gasteiger partial charge < -0.3 is 4.74 Å². The highest BCUT2D eigenvalue weighted by Crippen LogP contribution is 2.26. The maximum Gasteiger partial charge on any atom is 0.114 e. The Bertz CT molecular complexity index is 1320. The standard InChI is InChI=1S/C30H24ClNO/c1-21-25(3-2-18-33-21)19-23-6-4-22(5-7-23)8-15-29-16-11-27-20-26(12-17-30(27)32-29)24-9-13-28(31)14-10-24/h4-7,9-14,16-17,20-21,25H,2,18-19H2,1H3. The van der Waals surface area contributed by atoms with Crippen molar-refractivity contribution in [3.05, 3.63) is 107 Å². The topological polar surface area (TPSA) is 22.1 Å². The van der Waals surface area contributed by atoms with Gasteiger partial charge in [-0.3, -0.25) is 0 Å². The van der Waals surface area contributed by atoms with Gasteiger partial charge in [-0.25, -0.2) is 4.98 Å². The third kappa shape index (κ3) is 5.28. The monoisotopic (exact) mass is 449 g/mol. The Morgan fingerprint density at radius 1 is 0.939 bits per heavy atom. The normalized spacial score (nSPS) is 18.0. The minimum Gasteiger partial charge on any atom is -0.378 e. The fraction of sp³-hybridized carbons (Fsp3) is 0.200. The Labute approximate surface area is 200 Å². The molecule has 3 aromatic carbocycles. The van der Waals surface area contributed by atoms with Crippen LogP contribution in [-0.4, -0.2) is 17.7 Å². The van der Waals surface area contributed by atoms with Crippen molar-refractivity contribution in [2.45, 2.75) is 25.9 Å². The van der Waals surface area contributed by atoms with Gasteiger partial charge in [-0.1, -0.05) is 47.9 Å². The molecule has 5 rings (SSSR count). The molecule has 1 fully saturated rings. The summed E-state index contributed by atoms with van der Waals surface area (Å²) in [4.78, 5) is 4.73. The second-order valence-corrected chi connectivity index (χ2v) is 8.83. The van der Waals surface area contributed by atoms with Gasteiger partial charge in [-0.05, 0) is 103 Å². The summed E-state index contributed by atoms with van der Waals surface area (Å²) < 4.78 is 5.74. The van der Waals surface area contributed by atoms with Gasteiger partial charge in [0.05, 0.1) is 11.6 Å². The molecule has 0 bridgehead atoms. The average Bonchev–Trinajstić information content (AvgIpc) is 2.85. The number of halogens is 1. The number of pyridine rings is 1. The summed E-state index contributed by atoms with van der Waals surface area (Å²) in [5.41, 5.74) is 6.25. The van der Waals surface area contributed by atoms with Crippen LogP contribution in [0.5, 0.6) is 0 Å². The predicted molar refractivity (Wildman–Crippen MR) is 135 cm³/mol. The van der Waals surface area contributed by atoms with Crippen LogP contribution in [0, 0.1) is 24.2 Å². The Morgan fingerprint density at radius 2 is 1.73 bits per heavy atom. The zero-order valence-corrected chi connectivity index (χ0v) is 19.3. The first-order chi connectivity index (χ1) is 16.1. The van der Waals surface area contributed by atoms with E-state index in [9.17, 15) is 0 Å². The van der Waals surface area contributed by atoms with E-state index >= 15 is 0 Å². The summed E-state index contributed by atoms with van der Waals surface area (Å²) in [6.07, 6.45) is 5.65. The van der Waals surface area contributed by atoms with Gasteiger partial charge in [0.25, 0.3) is 0 Å². The summed E-state index contributed by atoms with van der Waals surface area (Å²) in [6, 6.07) is 26.7. The summed E-state index contributed by atoms with van der Waals surface area (Å²) in [5.74, 6) is 6.81. The summed E-state index contributed by atoms with van der Waals surface area (Å²) in [6.45, 7) is 2.92. The maximum atomic E-state index is 6.01. The zero-order valence-electron chi connectivity index (χ0n) is 18.5. The van der Waals surface area contributed by atoms with E-state index in [1.165, 1.54) is 5.56 Å². The van der Waals surface area contributed by atoms with E-state index in [4.69, 9.17) is 21.3 Å². The number of fused-ring (bicyclic) bond motifs is 1. The lowest BCUT2D eigenvalue weighted by molar-refractivity contribution is 0.00985. The third-order valence-corrected chi connectivity index (χ3v) is 6.32. The van der Waals surface area contributed by atoms with Crippen molar-refractivity contribution in [2.24, 2.45) is 5.92 Å². The molecular weight excluding hydrogens is 426 g/mol. The fourth-order valence-corrected chi connectivity index (χ4v) is 4.27. The molecule has 4 aromatic rings. The predicted octanol–water partition coefficient (Wildman–Crippen LogP) is 7.00. The molecule has 2 atom stereocenters. The molecular formula is C30H24ClNO. The van der Waals surface area contributed by atoms with Crippen molar-refractivity contribution in [3.63, 3.8) is 0 Å². The Kier molecular flexibility index (Phi) is 6.44. The highest BCUT2D eigenvalue weighted by Gasteiger charge is 2.22. The van der Waals surface area contributed by atoms with Gasteiger partial charge in [-0.2, -0.15) is 0 Å². The van der Waals surface area contributed by atoms with Crippen LogP contribution in [0.1, 0.15) is 30.2 Å². The summed E-state index contributed by atoms with van der Waals surface area (Å²) >= 11 is 6.01. The molecule has 2 heterocycles. The summed E-state index contributed by atoms with van der Waals surface area (Å²) in [5, 5.41) is 1.83. The summed E-state index contributed by atoms with van der Waals surface area (Å²) in [7, 11) is 0. The highest BCUT2D eigenvalue weighted by molar-refractivity contribution is 6.30. The van der Waals surface area contributed by atoms with Gasteiger partial charge in [0, 0.05) is 22.6 Å². The lowest BCUT2D eigenvalue weighted by Gasteiger charge is -2.28. The number of benzene rings is 3. The van der Waals surface area contributed by atoms with Crippen molar-refractivity contribution in [1.82, 2.24) is 4.98 Å². The fourth-order valence-electron chi connectivity index (χ4n) is 4.14. The van der Waals surface area contributed by atoms with Crippen LogP contribution in [0.15, 0.2) is 78.9 Å². The Morgan fingerprint density at radius 3 is 2.52 bits per heavy atom. The zero-order chi connectivity index (χ0) is 22.6. The third-order valence-electron chi connectivity index (χ3n) is 6.07. The molecule has 162 valence electrons. The molecule has 1 aromatic heterocycles. The van der Waals surface area contributed by atoms with Crippen molar-refractivity contribution < 1.29 is 4.74 Å². The number of nitrogens with zero attached hydrogens (tertiary/aromatic N) is 1. The Hall–Kier alpha value is -3.12. The molecule has 33 heavy (non-hydrogen) atoms. The van der Waals surface area contributed by atoms with Gasteiger partial charge in [0.2, 0.25) is 0 Å². The van der Waals surface area contributed by atoms with Crippen LogP contribution in [0.25, 0.3) is 22.0 Å². The minimum absolute atomic E-state index is 0.236. The largest absolute Gasteiger partial charge is 0.378 e. The van der Waals surface area contributed by atoms with Crippen molar-refractivity contribution in [2.75, 3.05) is 6.61 Å². The second kappa shape index (κ2) is 9.79.